The largest absolute Gasteiger partial charge is 0.394 e. The van der Waals surface area contributed by atoms with E-state index in [1.165, 1.54) is 5.56 Å². The van der Waals surface area contributed by atoms with Gasteiger partial charge in [-0.2, -0.15) is 5.10 Å². The molecule has 0 aliphatic carbocycles. The third kappa shape index (κ3) is 4.42. The number of hydrogen-bond donors (Lipinski definition) is 2. The summed E-state index contributed by atoms with van der Waals surface area (Å²) in [4.78, 5) is 2.23. The zero-order chi connectivity index (χ0) is 11.1. The van der Waals surface area contributed by atoms with Crippen molar-refractivity contribution in [3.63, 3.8) is 0 Å². The molecule has 1 rings (SSSR count). The maximum atomic E-state index is 8.75. The lowest BCUT2D eigenvalue weighted by atomic mass is 10.3. The maximum absolute atomic E-state index is 8.75. The Balaban J connectivity index is 2.35. The summed E-state index contributed by atoms with van der Waals surface area (Å²) in [5.41, 5.74) is 1.18. The Morgan fingerprint density at radius 2 is 2.40 bits per heavy atom. The van der Waals surface area contributed by atoms with Crippen LogP contribution in [0.5, 0.6) is 0 Å². The molecule has 0 fully saturated rings. The molecule has 0 saturated carbocycles. The number of nitrogens with one attached hydrogen (secondary N) is 1. The van der Waals surface area contributed by atoms with Crippen LogP contribution in [0.25, 0.3) is 0 Å². The number of aliphatic hydroxyl groups is 1. The first kappa shape index (κ1) is 12.2. The van der Waals surface area contributed by atoms with E-state index in [4.69, 9.17) is 5.11 Å². The summed E-state index contributed by atoms with van der Waals surface area (Å²) in [7, 11) is 4.04. The molecule has 0 saturated heterocycles. The number of rotatable bonds is 7. The van der Waals surface area contributed by atoms with Crippen LogP contribution in [0.3, 0.4) is 0 Å². The fourth-order valence-electron chi connectivity index (χ4n) is 1.41. The van der Waals surface area contributed by atoms with E-state index in [2.05, 4.69) is 22.4 Å². The molecule has 1 aromatic heterocycles. The molecule has 5 heteroatoms. The molecule has 1 heterocycles. The molecule has 2 N–H and O–H groups in total. The summed E-state index contributed by atoms with van der Waals surface area (Å²) >= 11 is 0. The first-order chi connectivity index (χ1) is 7.26. The Hall–Kier alpha value is -0.910. The van der Waals surface area contributed by atoms with E-state index in [0.717, 1.165) is 19.6 Å². The van der Waals surface area contributed by atoms with E-state index in [0.29, 0.717) is 6.54 Å². The topological polar surface area (TPSA) is 53.3 Å². The molecule has 5 nitrogen and oxygen atoms in total. The zero-order valence-corrected chi connectivity index (χ0v) is 9.48. The lowest BCUT2D eigenvalue weighted by Crippen LogP contribution is -2.26. The van der Waals surface area contributed by atoms with Crippen molar-refractivity contribution in [2.75, 3.05) is 33.8 Å². The second-order valence-corrected chi connectivity index (χ2v) is 3.68. The number of aromatic nitrogens is 2. The Labute approximate surface area is 90.7 Å². The lowest BCUT2D eigenvalue weighted by molar-refractivity contribution is 0.269. The van der Waals surface area contributed by atoms with Crippen molar-refractivity contribution in [2.45, 2.75) is 13.1 Å². The molecule has 15 heavy (non-hydrogen) atoms. The highest BCUT2D eigenvalue weighted by Crippen LogP contribution is 2.01. The molecule has 0 aliphatic rings. The van der Waals surface area contributed by atoms with Crippen LogP contribution in [0, 0.1) is 0 Å². The number of nitrogens with zero attached hydrogens (tertiary/aromatic N) is 3. The standard InChI is InChI=1S/C10H20N4O/c1-11-3-4-13(2)8-10-7-12-14(9-10)5-6-15/h7,9,11,15H,3-6,8H2,1-2H3. The summed E-state index contributed by atoms with van der Waals surface area (Å²) < 4.78 is 1.77. The Bertz CT molecular complexity index is 274. The van der Waals surface area contributed by atoms with Gasteiger partial charge >= 0.3 is 0 Å². The van der Waals surface area contributed by atoms with Gasteiger partial charge in [0, 0.05) is 31.4 Å². The van der Waals surface area contributed by atoms with E-state index < -0.39 is 0 Å². The van der Waals surface area contributed by atoms with E-state index in [1.54, 1.807) is 4.68 Å². The van der Waals surface area contributed by atoms with Gasteiger partial charge in [0.25, 0.3) is 0 Å². The molecular weight excluding hydrogens is 192 g/mol. The van der Waals surface area contributed by atoms with Gasteiger partial charge in [-0.15, -0.1) is 0 Å². The fourth-order valence-corrected chi connectivity index (χ4v) is 1.41. The smallest absolute Gasteiger partial charge is 0.0640 e. The first-order valence-corrected chi connectivity index (χ1v) is 5.21. The SMILES string of the molecule is CNCCN(C)Cc1cnn(CCO)c1. The maximum Gasteiger partial charge on any atom is 0.0640 e. The van der Waals surface area contributed by atoms with E-state index in [-0.39, 0.29) is 6.61 Å². The highest BCUT2D eigenvalue weighted by molar-refractivity contribution is 5.03. The Kier molecular flexibility index (Phi) is 5.31. The summed E-state index contributed by atoms with van der Waals surface area (Å²) in [6.45, 7) is 3.60. The summed E-state index contributed by atoms with van der Waals surface area (Å²) in [5.74, 6) is 0. The van der Waals surface area contributed by atoms with Gasteiger partial charge in [-0.05, 0) is 14.1 Å². The molecular formula is C10H20N4O. The van der Waals surface area contributed by atoms with Gasteiger partial charge in [-0.1, -0.05) is 0 Å². The van der Waals surface area contributed by atoms with Crippen LogP contribution in [0.15, 0.2) is 12.4 Å². The average molecular weight is 212 g/mol. The monoisotopic (exact) mass is 212 g/mol. The first-order valence-electron chi connectivity index (χ1n) is 5.21. The van der Waals surface area contributed by atoms with Crippen LogP contribution in [-0.4, -0.2) is 53.6 Å². The molecule has 0 spiro atoms. The summed E-state index contributed by atoms with van der Waals surface area (Å²) in [6.07, 6.45) is 3.83. The van der Waals surface area contributed by atoms with Crippen molar-refractivity contribution in [1.82, 2.24) is 20.0 Å². The Morgan fingerprint density at radius 3 is 3.07 bits per heavy atom. The van der Waals surface area contributed by atoms with E-state index >= 15 is 0 Å². The second kappa shape index (κ2) is 6.55. The number of likely N-dealkylation sites (N-methyl/N-ethyl adjacent to an activating group) is 2. The van der Waals surface area contributed by atoms with Gasteiger partial charge in [-0.3, -0.25) is 4.68 Å². The van der Waals surface area contributed by atoms with Crippen molar-refractivity contribution < 1.29 is 5.11 Å². The molecule has 0 atom stereocenters. The minimum atomic E-state index is 0.136. The van der Waals surface area contributed by atoms with Gasteiger partial charge < -0.3 is 15.3 Å². The van der Waals surface area contributed by atoms with Crippen LogP contribution in [0.2, 0.25) is 0 Å². The van der Waals surface area contributed by atoms with Crippen molar-refractivity contribution in [2.24, 2.45) is 0 Å². The fraction of sp³-hybridized carbons (Fsp3) is 0.700. The van der Waals surface area contributed by atoms with E-state index in [1.807, 2.05) is 19.4 Å². The summed E-state index contributed by atoms with van der Waals surface area (Å²) in [6, 6.07) is 0. The second-order valence-electron chi connectivity index (χ2n) is 3.68. The zero-order valence-electron chi connectivity index (χ0n) is 9.48. The van der Waals surface area contributed by atoms with Crippen molar-refractivity contribution in [3.05, 3.63) is 18.0 Å². The van der Waals surface area contributed by atoms with Crippen LogP contribution in [0.4, 0.5) is 0 Å². The third-order valence-corrected chi connectivity index (χ3v) is 2.21. The van der Waals surface area contributed by atoms with Crippen molar-refractivity contribution in [3.8, 4) is 0 Å². The van der Waals surface area contributed by atoms with Gasteiger partial charge in [0.15, 0.2) is 0 Å². The van der Waals surface area contributed by atoms with Gasteiger partial charge in [0.2, 0.25) is 0 Å². The minimum absolute atomic E-state index is 0.136. The minimum Gasteiger partial charge on any atom is -0.394 e. The quantitative estimate of drug-likeness (QED) is 0.641. The predicted octanol–water partition coefficient (Wildman–Crippen LogP) is -0.473. The molecule has 0 aliphatic heterocycles. The molecule has 0 bridgehead atoms. The van der Waals surface area contributed by atoms with Crippen LogP contribution in [-0.2, 0) is 13.1 Å². The van der Waals surface area contributed by atoms with Crippen LogP contribution >= 0.6 is 0 Å². The predicted molar refractivity (Wildman–Crippen MR) is 59.6 cm³/mol. The third-order valence-electron chi connectivity index (χ3n) is 2.21. The van der Waals surface area contributed by atoms with Crippen molar-refractivity contribution in [1.29, 1.82) is 0 Å². The summed E-state index contributed by atoms with van der Waals surface area (Å²) in [5, 5.41) is 16.0. The average Bonchev–Trinajstić information content (AvgIpc) is 2.63. The highest BCUT2D eigenvalue weighted by atomic mass is 16.3. The van der Waals surface area contributed by atoms with Crippen LogP contribution in [0.1, 0.15) is 5.56 Å². The van der Waals surface area contributed by atoms with Crippen LogP contribution < -0.4 is 5.32 Å². The Morgan fingerprint density at radius 1 is 1.60 bits per heavy atom. The highest BCUT2D eigenvalue weighted by Gasteiger charge is 2.02. The van der Waals surface area contributed by atoms with Gasteiger partial charge in [-0.25, -0.2) is 0 Å². The molecule has 86 valence electrons. The molecule has 0 unspecified atom stereocenters. The van der Waals surface area contributed by atoms with Crippen molar-refractivity contribution >= 4 is 0 Å². The van der Waals surface area contributed by atoms with E-state index in [9.17, 15) is 0 Å². The lowest BCUT2D eigenvalue weighted by Gasteiger charge is -2.14. The number of aliphatic hydroxyl groups excluding tert-OH is 1. The molecule has 0 amide bonds. The normalized spacial score (nSPS) is 11.2. The molecule has 1 aromatic rings. The van der Waals surface area contributed by atoms with Gasteiger partial charge in [0.05, 0.1) is 19.3 Å². The molecule has 0 radical (unpaired) electrons. The molecule has 0 aromatic carbocycles. The van der Waals surface area contributed by atoms with Gasteiger partial charge in [0.1, 0.15) is 0 Å². The number of hydrogen-bond acceptors (Lipinski definition) is 4.